The van der Waals surface area contributed by atoms with Crippen molar-refractivity contribution in [3.05, 3.63) is 10.0 Å². The Kier molecular flexibility index (Phi) is 2.58. The lowest BCUT2D eigenvalue weighted by Gasteiger charge is -2.37. The fraction of sp³-hybridized carbons (Fsp3) is 0.800. The molecule has 4 heteroatoms. The minimum Gasteiger partial charge on any atom is -0.319 e. The van der Waals surface area contributed by atoms with E-state index in [4.69, 9.17) is 5.73 Å². The van der Waals surface area contributed by atoms with Crippen LogP contribution in [0.25, 0.3) is 0 Å². The van der Waals surface area contributed by atoms with Crippen molar-refractivity contribution in [3.63, 3.8) is 0 Å². The lowest BCUT2D eigenvalue weighted by molar-refractivity contribution is 0.205. The van der Waals surface area contributed by atoms with Crippen LogP contribution in [0.4, 0.5) is 0 Å². The molecule has 0 radical (unpaired) electrons. The Morgan fingerprint density at radius 2 is 2.21 bits per heavy atom. The smallest absolute Gasteiger partial charge is 0.137 e. The first-order valence-corrected chi connectivity index (χ1v) is 6.04. The van der Waals surface area contributed by atoms with Gasteiger partial charge >= 0.3 is 0 Å². The van der Waals surface area contributed by atoms with Gasteiger partial charge in [-0.2, -0.15) is 0 Å². The maximum absolute atomic E-state index is 6.45. The van der Waals surface area contributed by atoms with Gasteiger partial charge in [0.1, 0.15) is 10.0 Å². The van der Waals surface area contributed by atoms with E-state index < -0.39 is 0 Å². The van der Waals surface area contributed by atoms with Crippen LogP contribution in [0.3, 0.4) is 0 Å². The van der Waals surface area contributed by atoms with Gasteiger partial charge < -0.3 is 5.73 Å². The van der Waals surface area contributed by atoms with E-state index >= 15 is 0 Å². The Bertz CT molecular complexity index is 323. The van der Waals surface area contributed by atoms with Gasteiger partial charge in [-0.25, -0.2) is 0 Å². The molecular formula is C10H17N3S. The Balaban J connectivity index is 2.29. The third-order valence-electron chi connectivity index (χ3n) is 3.28. The van der Waals surface area contributed by atoms with Crippen LogP contribution in [0.1, 0.15) is 42.6 Å². The predicted molar refractivity (Wildman–Crippen MR) is 58.1 cm³/mol. The molecule has 2 atom stereocenters. The Morgan fingerprint density at radius 3 is 2.79 bits per heavy atom. The SMILES string of the molecule is Cc1nnc(C2(N)CCCCC2C)s1. The second kappa shape index (κ2) is 3.59. The third-order valence-corrected chi connectivity index (χ3v) is 4.31. The van der Waals surface area contributed by atoms with Crippen LogP contribution in [-0.4, -0.2) is 10.2 Å². The molecule has 14 heavy (non-hydrogen) atoms. The Labute approximate surface area is 88.7 Å². The number of aryl methyl sites for hydroxylation is 1. The van der Waals surface area contributed by atoms with E-state index in [1.54, 1.807) is 11.3 Å². The quantitative estimate of drug-likeness (QED) is 0.775. The largest absolute Gasteiger partial charge is 0.319 e. The van der Waals surface area contributed by atoms with Gasteiger partial charge in [-0.05, 0) is 25.7 Å². The van der Waals surface area contributed by atoms with Crippen molar-refractivity contribution in [2.45, 2.75) is 45.1 Å². The van der Waals surface area contributed by atoms with Gasteiger partial charge in [0.15, 0.2) is 0 Å². The molecule has 0 amide bonds. The molecule has 1 aliphatic carbocycles. The van der Waals surface area contributed by atoms with E-state index in [-0.39, 0.29) is 5.54 Å². The second-order valence-electron chi connectivity index (χ2n) is 4.31. The van der Waals surface area contributed by atoms with Gasteiger partial charge in [0.2, 0.25) is 0 Å². The van der Waals surface area contributed by atoms with Crippen molar-refractivity contribution in [2.24, 2.45) is 11.7 Å². The van der Waals surface area contributed by atoms with Crippen molar-refractivity contribution in [1.82, 2.24) is 10.2 Å². The van der Waals surface area contributed by atoms with Crippen LogP contribution in [-0.2, 0) is 5.54 Å². The number of hydrogen-bond donors (Lipinski definition) is 1. The fourth-order valence-corrected chi connectivity index (χ4v) is 3.11. The van der Waals surface area contributed by atoms with Gasteiger partial charge in [0.25, 0.3) is 0 Å². The van der Waals surface area contributed by atoms with Crippen LogP contribution in [0.15, 0.2) is 0 Å². The zero-order valence-electron chi connectivity index (χ0n) is 8.79. The van der Waals surface area contributed by atoms with Crippen molar-refractivity contribution in [2.75, 3.05) is 0 Å². The molecule has 0 aromatic carbocycles. The maximum atomic E-state index is 6.45. The molecule has 0 saturated heterocycles. The molecule has 1 aromatic rings. The summed E-state index contributed by atoms with van der Waals surface area (Å²) in [5.41, 5.74) is 6.24. The molecule has 1 saturated carbocycles. The van der Waals surface area contributed by atoms with Crippen molar-refractivity contribution >= 4 is 11.3 Å². The zero-order valence-corrected chi connectivity index (χ0v) is 9.60. The first kappa shape index (κ1) is 10.1. The minimum absolute atomic E-state index is 0.204. The van der Waals surface area contributed by atoms with Gasteiger partial charge in [-0.1, -0.05) is 31.1 Å². The van der Waals surface area contributed by atoms with E-state index in [0.29, 0.717) is 5.92 Å². The molecule has 2 rings (SSSR count). The highest BCUT2D eigenvalue weighted by Crippen LogP contribution is 2.40. The van der Waals surface area contributed by atoms with Crippen molar-refractivity contribution in [1.29, 1.82) is 0 Å². The van der Waals surface area contributed by atoms with E-state index in [0.717, 1.165) is 16.4 Å². The molecular weight excluding hydrogens is 194 g/mol. The van der Waals surface area contributed by atoms with Crippen LogP contribution in [0.5, 0.6) is 0 Å². The summed E-state index contributed by atoms with van der Waals surface area (Å²) in [7, 11) is 0. The summed E-state index contributed by atoms with van der Waals surface area (Å²) < 4.78 is 0. The normalized spacial score (nSPS) is 33.2. The lowest BCUT2D eigenvalue weighted by atomic mass is 9.75. The highest BCUT2D eigenvalue weighted by atomic mass is 32.1. The summed E-state index contributed by atoms with van der Waals surface area (Å²) in [6.45, 7) is 4.22. The number of aromatic nitrogens is 2. The van der Waals surface area contributed by atoms with Crippen molar-refractivity contribution in [3.8, 4) is 0 Å². The lowest BCUT2D eigenvalue weighted by Crippen LogP contribution is -2.45. The average molecular weight is 211 g/mol. The van der Waals surface area contributed by atoms with Crippen LogP contribution < -0.4 is 5.73 Å². The molecule has 1 heterocycles. The van der Waals surface area contributed by atoms with Gasteiger partial charge in [-0.3, -0.25) is 0 Å². The standard InChI is InChI=1S/C10H17N3S/c1-7-5-3-4-6-10(7,11)9-13-12-8(2)14-9/h7H,3-6,11H2,1-2H3. The van der Waals surface area contributed by atoms with Crippen LogP contribution in [0.2, 0.25) is 0 Å². The molecule has 2 N–H and O–H groups in total. The average Bonchev–Trinajstić information content (AvgIpc) is 2.58. The van der Waals surface area contributed by atoms with Gasteiger partial charge in [0.05, 0.1) is 5.54 Å². The summed E-state index contributed by atoms with van der Waals surface area (Å²) in [5.74, 6) is 0.531. The molecule has 2 unspecified atom stereocenters. The van der Waals surface area contributed by atoms with Crippen LogP contribution in [0, 0.1) is 12.8 Å². The number of hydrogen-bond acceptors (Lipinski definition) is 4. The molecule has 0 aliphatic heterocycles. The molecule has 78 valence electrons. The highest BCUT2D eigenvalue weighted by molar-refractivity contribution is 7.11. The second-order valence-corrected chi connectivity index (χ2v) is 5.50. The summed E-state index contributed by atoms with van der Waals surface area (Å²) >= 11 is 1.65. The van der Waals surface area contributed by atoms with Crippen LogP contribution >= 0.6 is 11.3 Å². The third kappa shape index (κ3) is 1.57. The number of nitrogens with two attached hydrogens (primary N) is 1. The summed E-state index contributed by atoms with van der Waals surface area (Å²) in [5, 5.41) is 10.3. The van der Waals surface area contributed by atoms with Gasteiger partial charge in [0, 0.05) is 0 Å². The first-order chi connectivity index (χ1) is 6.63. The van der Waals surface area contributed by atoms with Crippen molar-refractivity contribution < 1.29 is 0 Å². The maximum Gasteiger partial charge on any atom is 0.137 e. The fourth-order valence-electron chi connectivity index (χ4n) is 2.17. The highest BCUT2D eigenvalue weighted by Gasteiger charge is 2.38. The molecule has 3 nitrogen and oxygen atoms in total. The molecule has 0 spiro atoms. The first-order valence-electron chi connectivity index (χ1n) is 5.22. The number of nitrogens with zero attached hydrogens (tertiary/aromatic N) is 2. The number of rotatable bonds is 1. The molecule has 1 fully saturated rings. The van der Waals surface area contributed by atoms with E-state index in [1.165, 1.54) is 19.3 Å². The summed E-state index contributed by atoms with van der Waals surface area (Å²) in [4.78, 5) is 0. The monoisotopic (exact) mass is 211 g/mol. The summed E-state index contributed by atoms with van der Waals surface area (Å²) in [6.07, 6.45) is 4.80. The predicted octanol–water partition coefficient (Wildman–Crippen LogP) is 2.21. The summed E-state index contributed by atoms with van der Waals surface area (Å²) in [6, 6.07) is 0. The molecule has 1 aliphatic rings. The van der Waals surface area contributed by atoms with E-state index in [9.17, 15) is 0 Å². The van der Waals surface area contributed by atoms with Gasteiger partial charge in [-0.15, -0.1) is 10.2 Å². The Morgan fingerprint density at radius 1 is 1.43 bits per heavy atom. The van der Waals surface area contributed by atoms with E-state index in [2.05, 4.69) is 17.1 Å². The minimum atomic E-state index is -0.204. The molecule has 0 bridgehead atoms. The molecule has 1 aromatic heterocycles. The topological polar surface area (TPSA) is 51.8 Å². The van der Waals surface area contributed by atoms with E-state index in [1.807, 2.05) is 6.92 Å². The zero-order chi connectivity index (χ0) is 10.2. The Hall–Kier alpha value is -0.480.